The first-order chi connectivity index (χ1) is 13.0. The summed E-state index contributed by atoms with van der Waals surface area (Å²) >= 11 is 1.58. The first kappa shape index (κ1) is 21.0. The molecular weight excluding hydrogens is 356 g/mol. The summed E-state index contributed by atoms with van der Waals surface area (Å²) in [5, 5.41) is 2.69. The van der Waals surface area contributed by atoms with Gasteiger partial charge in [-0.15, -0.1) is 11.8 Å². The van der Waals surface area contributed by atoms with Gasteiger partial charge < -0.3 is 10.2 Å². The maximum absolute atomic E-state index is 13.0. The topological polar surface area (TPSA) is 49.4 Å². The van der Waals surface area contributed by atoms with Gasteiger partial charge in [-0.1, -0.05) is 67.1 Å². The first-order valence-corrected chi connectivity index (χ1v) is 10.4. The molecule has 0 bridgehead atoms. The van der Waals surface area contributed by atoms with E-state index in [1.165, 1.54) is 5.56 Å². The SMILES string of the molecule is CC[C@H](C(=O)NC)N(Cc1cccc(C)c1)C(=O)CSCc1ccccc1. The molecule has 4 nitrogen and oxygen atoms in total. The van der Waals surface area contributed by atoms with Crippen molar-refractivity contribution in [2.75, 3.05) is 12.8 Å². The predicted octanol–water partition coefficient (Wildman–Crippen LogP) is 3.78. The van der Waals surface area contributed by atoms with E-state index in [0.29, 0.717) is 18.7 Å². The van der Waals surface area contributed by atoms with E-state index < -0.39 is 6.04 Å². The maximum Gasteiger partial charge on any atom is 0.242 e. The van der Waals surface area contributed by atoms with E-state index in [-0.39, 0.29) is 11.8 Å². The molecule has 0 radical (unpaired) electrons. The van der Waals surface area contributed by atoms with Gasteiger partial charge in [-0.05, 0) is 24.5 Å². The Kier molecular flexibility index (Phi) is 8.40. The fourth-order valence-corrected chi connectivity index (χ4v) is 3.88. The summed E-state index contributed by atoms with van der Waals surface area (Å²) in [6.07, 6.45) is 0.584. The van der Waals surface area contributed by atoms with Gasteiger partial charge in [0.2, 0.25) is 11.8 Å². The Balaban J connectivity index is 2.09. The third kappa shape index (κ3) is 6.43. The monoisotopic (exact) mass is 384 g/mol. The molecule has 0 unspecified atom stereocenters. The Morgan fingerprint density at radius 1 is 1.07 bits per heavy atom. The fourth-order valence-electron chi connectivity index (χ4n) is 3.01. The molecule has 0 spiro atoms. The molecule has 2 aromatic carbocycles. The number of benzene rings is 2. The van der Waals surface area contributed by atoms with Crippen LogP contribution in [0.15, 0.2) is 54.6 Å². The lowest BCUT2D eigenvalue weighted by Gasteiger charge is -2.30. The van der Waals surface area contributed by atoms with Gasteiger partial charge in [0.15, 0.2) is 0 Å². The van der Waals surface area contributed by atoms with Gasteiger partial charge in [0.05, 0.1) is 5.75 Å². The van der Waals surface area contributed by atoms with Crippen molar-refractivity contribution in [3.8, 4) is 0 Å². The Labute approximate surface area is 166 Å². The van der Waals surface area contributed by atoms with Gasteiger partial charge in [0.25, 0.3) is 0 Å². The van der Waals surface area contributed by atoms with Crippen molar-refractivity contribution in [2.24, 2.45) is 0 Å². The van der Waals surface area contributed by atoms with E-state index in [4.69, 9.17) is 0 Å². The van der Waals surface area contributed by atoms with Crippen LogP contribution in [0.5, 0.6) is 0 Å². The number of hydrogen-bond donors (Lipinski definition) is 1. The van der Waals surface area contributed by atoms with E-state index in [1.807, 2.05) is 50.2 Å². The van der Waals surface area contributed by atoms with Gasteiger partial charge in [-0.3, -0.25) is 9.59 Å². The molecule has 27 heavy (non-hydrogen) atoms. The smallest absolute Gasteiger partial charge is 0.242 e. The second-order valence-electron chi connectivity index (χ2n) is 6.53. The average Bonchev–Trinajstić information content (AvgIpc) is 2.68. The zero-order valence-electron chi connectivity index (χ0n) is 16.3. The van der Waals surface area contributed by atoms with Crippen LogP contribution >= 0.6 is 11.8 Å². The molecule has 0 aliphatic carbocycles. The maximum atomic E-state index is 13.0. The van der Waals surface area contributed by atoms with Crippen molar-refractivity contribution < 1.29 is 9.59 Å². The van der Waals surface area contributed by atoms with Crippen molar-refractivity contribution in [3.63, 3.8) is 0 Å². The lowest BCUT2D eigenvalue weighted by molar-refractivity contribution is -0.139. The van der Waals surface area contributed by atoms with Gasteiger partial charge in [-0.25, -0.2) is 0 Å². The van der Waals surface area contributed by atoms with Gasteiger partial charge >= 0.3 is 0 Å². The van der Waals surface area contributed by atoms with Crippen LogP contribution in [0.4, 0.5) is 0 Å². The number of nitrogens with zero attached hydrogens (tertiary/aromatic N) is 1. The summed E-state index contributed by atoms with van der Waals surface area (Å²) in [5.74, 6) is 1.01. The van der Waals surface area contributed by atoms with Gasteiger partial charge in [-0.2, -0.15) is 0 Å². The molecule has 2 amide bonds. The number of likely N-dealkylation sites (N-methyl/N-ethyl adjacent to an activating group) is 1. The fraction of sp³-hybridized carbons (Fsp3) is 0.364. The molecule has 144 valence electrons. The lowest BCUT2D eigenvalue weighted by Crippen LogP contribution is -2.48. The summed E-state index contributed by atoms with van der Waals surface area (Å²) < 4.78 is 0. The molecule has 5 heteroatoms. The highest BCUT2D eigenvalue weighted by Gasteiger charge is 2.27. The number of rotatable bonds is 9. The highest BCUT2D eigenvalue weighted by atomic mass is 32.2. The minimum Gasteiger partial charge on any atom is -0.357 e. The minimum atomic E-state index is -0.458. The van der Waals surface area contributed by atoms with Crippen LogP contribution in [0.1, 0.15) is 30.0 Å². The van der Waals surface area contributed by atoms with Crippen LogP contribution in [0.2, 0.25) is 0 Å². The Hall–Kier alpha value is -2.27. The lowest BCUT2D eigenvalue weighted by atomic mass is 10.1. The van der Waals surface area contributed by atoms with E-state index in [1.54, 1.807) is 23.7 Å². The molecule has 2 rings (SSSR count). The molecular formula is C22H28N2O2S. The molecule has 0 aromatic heterocycles. The van der Waals surface area contributed by atoms with E-state index in [2.05, 4.69) is 23.5 Å². The van der Waals surface area contributed by atoms with Crippen molar-refractivity contribution in [3.05, 3.63) is 71.3 Å². The summed E-state index contributed by atoms with van der Waals surface area (Å²) in [6, 6.07) is 17.7. The Morgan fingerprint density at radius 3 is 2.41 bits per heavy atom. The quantitative estimate of drug-likeness (QED) is 0.716. The Bertz CT molecular complexity index is 749. The molecule has 2 aromatic rings. The standard InChI is InChI=1S/C22H28N2O2S/c1-4-20(22(26)23-3)24(14-19-12-8-9-17(2)13-19)21(25)16-27-15-18-10-6-5-7-11-18/h5-13,20H,4,14-16H2,1-3H3,(H,23,26)/t20-/m1/s1. The Morgan fingerprint density at radius 2 is 1.78 bits per heavy atom. The molecule has 1 N–H and O–H groups in total. The summed E-state index contributed by atoms with van der Waals surface area (Å²) in [6.45, 7) is 4.41. The van der Waals surface area contributed by atoms with Crippen molar-refractivity contribution >= 4 is 23.6 Å². The third-order valence-electron chi connectivity index (χ3n) is 4.40. The van der Waals surface area contributed by atoms with Crippen molar-refractivity contribution in [2.45, 2.75) is 38.6 Å². The number of carbonyl (C=O) groups excluding carboxylic acids is 2. The number of nitrogens with one attached hydrogen (secondary N) is 1. The molecule has 1 atom stereocenters. The zero-order valence-corrected chi connectivity index (χ0v) is 17.1. The number of aryl methyl sites for hydroxylation is 1. The van der Waals surface area contributed by atoms with Gasteiger partial charge in [0, 0.05) is 19.3 Å². The second kappa shape index (κ2) is 10.8. The normalized spacial score (nSPS) is 11.7. The zero-order chi connectivity index (χ0) is 19.6. The van der Waals surface area contributed by atoms with Crippen LogP contribution in [0, 0.1) is 6.92 Å². The van der Waals surface area contributed by atoms with E-state index in [0.717, 1.165) is 16.9 Å². The highest BCUT2D eigenvalue weighted by molar-refractivity contribution is 7.99. The van der Waals surface area contributed by atoms with Crippen LogP contribution in [-0.2, 0) is 21.9 Å². The van der Waals surface area contributed by atoms with Crippen LogP contribution < -0.4 is 5.32 Å². The largest absolute Gasteiger partial charge is 0.357 e. The molecule has 0 saturated carbocycles. The second-order valence-corrected chi connectivity index (χ2v) is 7.51. The van der Waals surface area contributed by atoms with Crippen LogP contribution in [-0.4, -0.2) is 35.6 Å². The number of thioether (sulfide) groups is 1. The number of hydrogen-bond acceptors (Lipinski definition) is 3. The molecule has 0 aliphatic heterocycles. The summed E-state index contributed by atoms with van der Waals surface area (Å²) in [7, 11) is 1.62. The third-order valence-corrected chi connectivity index (χ3v) is 5.39. The molecule has 0 saturated heterocycles. The highest BCUT2D eigenvalue weighted by Crippen LogP contribution is 2.17. The minimum absolute atomic E-state index is 0.00659. The molecule has 0 aliphatic rings. The average molecular weight is 385 g/mol. The van der Waals surface area contributed by atoms with E-state index in [9.17, 15) is 9.59 Å². The molecule has 0 heterocycles. The van der Waals surface area contributed by atoms with Crippen LogP contribution in [0.25, 0.3) is 0 Å². The van der Waals surface area contributed by atoms with Crippen molar-refractivity contribution in [1.29, 1.82) is 0 Å². The predicted molar refractivity (Wildman–Crippen MR) is 112 cm³/mol. The first-order valence-electron chi connectivity index (χ1n) is 9.23. The summed E-state index contributed by atoms with van der Waals surface area (Å²) in [5.41, 5.74) is 3.38. The number of amides is 2. The molecule has 0 fully saturated rings. The summed E-state index contributed by atoms with van der Waals surface area (Å²) in [4.78, 5) is 27.0. The number of carbonyl (C=O) groups is 2. The van der Waals surface area contributed by atoms with Gasteiger partial charge in [0.1, 0.15) is 6.04 Å². The van der Waals surface area contributed by atoms with E-state index >= 15 is 0 Å². The van der Waals surface area contributed by atoms with Crippen LogP contribution in [0.3, 0.4) is 0 Å². The van der Waals surface area contributed by atoms with Crippen molar-refractivity contribution in [1.82, 2.24) is 10.2 Å².